The highest BCUT2D eigenvalue weighted by Gasteiger charge is 2.09. The molecular weight excluding hydrogens is 348 g/mol. The molecule has 0 amide bonds. The number of benzene rings is 2. The molecule has 0 unspecified atom stereocenters. The molecule has 0 aromatic heterocycles. The molecule has 98 valence electrons. The number of nitrogens with zero attached hydrogens (tertiary/aromatic N) is 1. The van der Waals surface area contributed by atoms with E-state index < -0.39 is 0 Å². The highest BCUT2D eigenvalue weighted by Crippen LogP contribution is 2.32. The summed E-state index contributed by atoms with van der Waals surface area (Å²) in [4.78, 5) is 1.93. The first kappa shape index (κ1) is 14.2. The second-order valence-electron chi connectivity index (χ2n) is 3.68. The Labute approximate surface area is 128 Å². The summed E-state index contributed by atoms with van der Waals surface area (Å²) in [5.74, 6) is 0.0436. The molecule has 19 heavy (non-hydrogen) atoms. The fourth-order valence-electron chi connectivity index (χ4n) is 1.47. The van der Waals surface area contributed by atoms with Gasteiger partial charge in [-0.15, -0.1) is 0 Å². The van der Waals surface area contributed by atoms with Crippen LogP contribution in [0.3, 0.4) is 0 Å². The SMILES string of the molecule is NC(=NO)c1cc(Cl)ccc1Sc1ccc(Br)cc1. The summed E-state index contributed by atoms with van der Waals surface area (Å²) in [6, 6.07) is 13.2. The molecule has 0 aliphatic carbocycles. The van der Waals surface area contributed by atoms with Crippen molar-refractivity contribution in [1.82, 2.24) is 0 Å². The van der Waals surface area contributed by atoms with Crippen LogP contribution in [0, 0.1) is 0 Å². The van der Waals surface area contributed by atoms with Gasteiger partial charge in [0.2, 0.25) is 0 Å². The smallest absolute Gasteiger partial charge is 0.171 e. The number of rotatable bonds is 3. The Bertz CT molecular complexity index is 617. The monoisotopic (exact) mass is 356 g/mol. The Kier molecular flexibility index (Phi) is 4.74. The van der Waals surface area contributed by atoms with Gasteiger partial charge in [0.05, 0.1) is 0 Å². The first-order valence-electron chi connectivity index (χ1n) is 5.31. The predicted molar refractivity (Wildman–Crippen MR) is 82.2 cm³/mol. The number of nitrogens with two attached hydrogens (primary N) is 1. The third kappa shape index (κ3) is 3.65. The van der Waals surface area contributed by atoms with Crippen molar-refractivity contribution in [2.75, 3.05) is 0 Å². The van der Waals surface area contributed by atoms with E-state index in [0.717, 1.165) is 14.3 Å². The van der Waals surface area contributed by atoms with Crippen molar-refractivity contribution in [3.63, 3.8) is 0 Å². The lowest BCUT2D eigenvalue weighted by atomic mass is 10.2. The van der Waals surface area contributed by atoms with E-state index in [9.17, 15) is 0 Å². The maximum absolute atomic E-state index is 8.81. The lowest BCUT2D eigenvalue weighted by Crippen LogP contribution is -2.14. The van der Waals surface area contributed by atoms with Crippen LogP contribution in [0.2, 0.25) is 5.02 Å². The normalized spacial score (nSPS) is 11.6. The van der Waals surface area contributed by atoms with Crippen molar-refractivity contribution in [3.05, 3.63) is 57.5 Å². The highest BCUT2D eigenvalue weighted by molar-refractivity contribution is 9.10. The molecule has 2 rings (SSSR count). The standard InChI is InChI=1S/C13H10BrClN2OS/c14-8-1-4-10(5-2-8)19-12-6-3-9(15)7-11(12)13(16)17-18/h1-7,18H,(H2,16,17). The molecule has 6 heteroatoms. The van der Waals surface area contributed by atoms with E-state index in [4.69, 9.17) is 22.5 Å². The van der Waals surface area contributed by atoms with E-state index >= 15 is 0 Å². The fourth-order valence-corrected chi connectivity index (χ4v) is 2.85. The topological polar surface area (TPSA) is 58.6 Å². The molecule has 0 spiro atoms. The van der Waals surface area contributed by atoms with Crippen LogP contribution >= 0.6 is 39.3 Å². The van der Waals surface area contributed by atoms with Crippen molar-refractivity contribution in [1.29, 1.82) is 0 Å². The molecule has 3 nitrogen and oxygen atoms in total. The van der Waals surface area contributed by atoms with Crippen molar-refractivity contribution in [2.24, 2.45) is 10.9 Å². The Morgan fingerprint density at radius 2 is 1.89 bits per heavy atom. The average molecular weight is 358 g/mol. The molecule has 2 aromatic carbocycles. The van der Waals surface area contributed by atoms with Gasteiger partial charge in [0.1, 0.15) is 0 Å². The molecule has 3 N–H and O–H groups in total. The third-order valence-corrected chi connectivity index (χ3v) is 4.21. The van der Waals surface area contributed by atoms with Crippen molar-refractivity contribution < 1.29 is 5.21 Å². The zero-order valence-electron chi connectivity index (χ0n) is 9.68. The van der Waals surface area contributed by atoms with E-state index in [1.807, 2.05) is 30.3 Å². The number of halogens is 2. The lowest BCUT2D eigenvalue weighted by molar-refractivity contribution is 0.318. The van der Waals surface area contributed by atoms with E-state index in [-0.39, 0.29) is 5.84 Å². The van der Waals surface area contributed by atoms with Crippen molar-refractivity contribution in [2.45, 2.75) is 9.79 Å². The van der Waals surface area contributed by atoms with E-state index in [1.54, 1.807) is 12.1 Å². The Hall–Kier alpha value is -1.17. The third-order valence-electron chi connectivity index (χ3n) is 2.37. The highest BCUT2D eigenvalue weighted by atomic mass is 79.9. The molecule has 0 bridgehead atoms. The van der Waals surface area contributed by atoms with Gasteiger partial charge in [-0.1, -0.05) is 44.4 Å². The summed E-state index contributed by atoms with van der Waals surface area (Å²) in [7, 11) is 0. The first-order valence-corrected chi connectivity index (χ1v) is 7.30. The zero-order chi connectivity index (χ0) is 13.8. The van der Waals surface area contributed by atoms with Crippen LogP contribution in [-0.2, 0) is 0 Å². The molecule has 0 atom stereocenters. The average Bonchev–Trinajstić information content (AvgIpc) is 2.42. The minimum Gasteiger partial charge on any atom is -0.409 e. The molecule has 0 aliphatic rings. The van der Waals surface area contributed by atoms with Gasteiger partial charge in [-0.25, -0.2) is 0 Å². The van der Waals surface area contributed by atoms with E-state index in [1.165, 1.54) is 11.8 Å². The van der Waals surface area contributed by atoms with Crippen LogP contribution in [-0.4, -0.2) is 11.0 Å². The van der Waals surface area contributed by atoms with Gasteiger partial charge in [-0.05, 0) is 42.5 Å². The van der Waals surface area contributed by atoms with Crippen LogP contribution in [0.1, 0.15) is 5.56 Å². The quantitative estimate of drug-likeness (QED) is 0.371. The Morgan fingerprint density at radius 1 is 1.21 bits per heavy atom. The molecule has 0 saturated heterocycles. The number of hydrogen-bond donors (Lipinski definition) is 2. The summed E-state index contributed by atoms with van der Waals surface area (Å²) in [6.07, 6.45) is 0. The largest absolute Gasteiger partial charge is 0.409 e. The van der Waals surface area contributed by atoms with Gasteiger partial charge >= 0.3 is 0 Å². The molecule has 0 radical (unpaired) electrons. The second kappa shape index (κ2) is 6.32. The van der Waals surface area contributed by atoms with Gasteiger partial charge in [0.15, 0.2) is 5.84 Å². The van der Waals surface area contributed by atoms with Gasteiger partial charge in [0, 0.05) is 24.8 Å². The molecular formula is C13H10BrClN2OS. The second-order valence-corrected chi connectivity index (χ2v) is 6.15. The zero-order valence-corrected chi connectivity index (χ0v) is 12.8. The summed E-state index contributed by atoms with van der Waals surface area (Å²) < 4.78 is 1.02. The molecule has 0 fully saturated rings. The van der Waals surface area contributed by atoms with Crippen LogP contribution in [0.4, 0.5) is 0 Å². The van der Waals surface area contributed by atoms with Crippen molar-refractivity contribution >= 4 is 45.1 Å². The Balaban J connectivity index is 2.37. The molecule has 0 aliphatic heterocycles. The fraction of sp³-hybridized carbons (Fsp3) is 0. The summed E-state index contributed by atoms with van der Waals surface area (Å²) in [5, 5.41) is 12.4. The minimum atomic E-state index is 0.0436. The predicted octanol–water partition coefficient (Wildman–Crippen LogP) is 4.35. The number of oxime groups is 1. The van der Waals surface area contributed by atoms with E-state index in [2.05, 4.69) is 21.1 Å². The van der Waals surface area contributed by atoms with Gasteiger partial charge < -0.3 is 10.9 Å². The molecule has 2 aromatic rings. The maximum atomic E-state index is 8.81. The Morgan fingerprint density at radius 3 is 2.53 bits per heavy atom. The lowest BCUT2D eigenvalue weighted by Gasteiger charge is -2.08. The van der Waals surface area contributed by atoms with Gasteiger partial charge in [-0.3, -0.25) is 0 Å². The van der Waals surface area contributed by atoms with Crippen LogP contribution in [0.5, 0.6) is 0 Å². The number of hydrogen-bond acceptors (Lipinski definition) is 3. The molecule has 0 heterocycles. The van der Waals surface area contributed by atoms with Crippen LogP contribution < -0.4 is 5.73 Å². The van der Waals surface area contributed by atoms with Crippen LogP contribution in [0.15, 0.2) is 61.9 Å². The van der Waals surface area contributed by atoms with E-state index in [0.29, 0.717) is 10.6 Å². The van der Waals surface area contributed by atoms with Crippen molar-refractivity contribution in [3.8, 4) is 0 Å². The first-order chi connectivity index (χ1) is 9.10. The van der Waals surface area contributed by atoms with Crippen LogP contribution in [0.25, 0.3) is 0 Å². The summed E-state index contributed by atoms with van der Waals surface area (Å²) in [5.41, 5.74) is 6.28. The summed E-state index contributed by atoms with van der Waals surface area (Å²) >= 11 is 10.8. The van der Waals surface area contributed by atoms with Gasteiger partial charge in [0.25, 0.3) is 0 Å². The maximum Gasteiger partial charge on any atom is 0.171 e. The number of amidine groups is 1. The summed E-state index contributed by atoms with van der Waals surface area (Å²) in [6.45, 7) is 0. The minimum absolute atomic E-state index is 0.0436. The van der Waals surface area contributed by atoms with Gasteiger partial charge in [-0.2, -0.15) is 0 Å². The molecule has 0 saturated carbocycles.